The van der Waals surface area contributed by atoms with Crippen molar-refractivity contribution in [3.05, 3.63) is 54.1 Å². The summed E-state index contributed by atoms with van der Waals surface area (Å²) in [7, 11) is 0. The second kappa shape index (κ2) is 10.3. The Morgan fingerprint density at radius 1 is 1.00 bits per heavy atom. The van der Waals surface area contributed by atoms with E-state index in [0.717, 1.165) is 45.7 Å². The molecule has 1 heterocycles. The van der Waals surface area contributed by atoms with E-state index in [1.165, 1.54) is 24.3 Å². The fourth-order valence-electron chi connectivity index (χ4n) is 2.93. The molecule has 3 rings (SSSR count). The zero-order valence-electron chi connectivity index (χ0n) is 16.8. The highest BCUT2D eigenvalue weighted by Gasteiger charge is 2.36. The molecule has 0 aliphatic carbocycles. The summed E-state index contributed by atoms with van der Waals surface area (Å²) in [5, 5.41) is 9.26. The number of carbonyl (C=O) groups excluding carboxylic acids is 1. The highest BCUT2D eigenvalue weighted by atomic mass is 16.5. The lowest BCUT2D eigenvalue weighted by Gasteiger charge is -2.40. The molecule has 0 aromatic heterocycles. The molecule has 156 valence electrons. The predicted molar refractivity (Wildman–Crippen MR) is 109 cm³/mol. The third kappa shape index (κ3) is 6.21. The summed E-state index contributed by atoms with van der Waals surface area (Å²) in [6, 6.07) is 12.9. The minimum Gasteiger partial charge on any atom is -0.508 e. The fourth-order valence-corrected chi connectivity index (χ4v) is 2.93. The highest BCUT2D eigenvalue weighted by Crippen LogP contribution is 2.31. The van der Waals surface area contributed by atoms with E-state index in [-0.39, 0.29) is 11.2 Å². The topological polar surface area (TPSA) is 74.2 Å². The molecule has 1 saturated heterocycles. The third-order valence-corrected chi connectivity index (χ3v) is 5.06. The lowest BCUT2D eigenvalue weighted by molar-refractivity contribution is -0.150. The van der Waals surface area contributed by atoms with E-state index in [1.807, 2.05) is 0 Å². The standard InChI is InChI=1S/C23H28O6/c1-2-23(16-27-17-23)15-26-13-3-4-14-28-20-9-5-18(6-10-20)22(25)29-21-11-7-19(24)8-12-21/h5-12,24H,2-4,13-17H2,1H3. The van der Waals surface area contributed by atoms with Gasteiger partial charge in [0.25, 0.3) is 0 Å². The summed E-state index contributed by atoms with van der Waals surface area (Å²) in [4.78, 5) is 12.1. The number of unbranched alkanes of at least 4 members (excludes halogenated alkanes) is 1. The monoisotopic (exact) mass is 400 g/mol. The summed E-state index contributed by atoms with van der Waals surface area (Å²) in [6.07, 6.45) is 2.94. The van der Waals surface area contributed by atoms with Crippen molar-refractivity contribution in [3.63, 3.8) is 0 Å². The minimum absolute atomic E-state index is 0.121. The number of ether oxygens (including phenoxy) is 4. The van der Waals surface area contributed by atoms with Crippen molar-refractivity contribution in [2.24, 2.45) is 5.41 Å². The average molecular weight is 400 g/mol. The van der Waals surface area contributed by atoms with Crippen LogP contribution in [0, 0.1) is 5.41 Å². The lowest BCUT2D eigenvalue weighted by atomic mass is 9.84. The first kappa shape index (κ1) is 21.1. The van der Waals surface area contributed by atoms with Crippen molar-refractivity contribution in [1.29, 1.82) is 0 Å². The number of rotatable bonds is 11. The van der Waals surface area contributed by atoms with Crippen LogP contribution in [0.1, 0.15) is 36.5 Å². The van der Waals surface area contributed by atoms with Crippen molar-refractivity contribution >= 4 is 5.97 Å². The molecule has 1 fully saturated rings. The molecule has 0 saturated carbocycles. The molecule has 0 spiro atoms. The van der Waals surface area contributed by atoms with Gasteiger partial charge in [-0.25, -0.2) is 4.79 Å². The van der Waals surface area contributed by atoms with Gasteiger partial charge in [0.1, 0.15) is 17.2 Å². The van der Waals surface area contributed by atoms with Crippen molar-refractivity contribution in [3.8, 4) is 17.2 Å². The van der Waals surface area contributed by atoms with Crippen LogP contribution in [-0.4, -0.2) is 44.1 Å². The summed E-state index contributed by atoms with van der Waals surface area (Å²) in [6.45, 7) is 5.90. The SMILES string of the molecule is CCC1(COCCCCOc2ccc(C(=O)Oc3ccc(O)cc3)cc2)COC1. The summed E-state index contributed by atoms with van der Waals surface area (Å²) in [5.41, 5.74) is 0.672. The molecule has 6 heteroatoms. The van der Waals surface area contributed by atoms with Crippen LogP contribution in [0.3, 0.4) is 0 Å². The van der Waals surface area contributed by atoms with Crippen LogP contribution in [0.25, 0.3) is 0 Å². The Kier molecular flexibility index (Phi) is 7.49. The molecule has 2 aromatic rings. The maximum Gasteiger partial charge on any atom is 0.343 e. The van der Waals surface area contributed by atoms with Crippen LogP contribution in [0.2, 0.25) is 0 Å². The van der Waals surface area contributed by atoms with Crippen molar-refractivity contribution in [1.82, 2.24) is 0 Å². The molecule has 29 heavy (non-hydrogen) atoms. The van der Waals surface area contributed by atoms with Gasteiger partial charge in [0.05, 0.1) is 32.0 Å². The first-order chi connectivity index (χ1) is 14.1. The molecule has 1 N–H and O–H groups in total. The molecule has 0 radical (unpaired) electrons. The van der Waals surface area contributed by atoms with Crippen LogP contribution in [0.4, 0.5) is 0 Å². The highest BCUT2D eigenvalue weighted by molar-refractivity contribution is 5.91. The average Bonchev–Trinajstić information content (AvgIpc) is 2.71. The third-order valence-electron chi connectivity index (χ3n) is 5.06. The number of aromatic hydroxyl groups is 1. The van der Waals surface area contributed by atoms with E-state index >= 15 is 0 Å². The van der Waals surface area contributed by atoms with Gasteiger partial charge in [-0.2, -0.15) is 0 Å². The van der Waals surface area contributed by atoms with Crippen LogP contribution in [-0.2, 0) is 9.47 Å². The Bertz CT molecular complexity index is 759. The molecular formula is C23H28O6. The van der Waals surface area contributed by atoms with Gasteiger partial charge in [-0.05, 0) is 67.8 Å². The number of esters is 1. The van der Waals surface area contributed by atoms with Crippen molar-refractivity contribution in [2.75, 3.05) is 33.0 Å². The number of phenols is 1. The Morgan fingerprint density at radius 3 is 2.28 bits per heavy atom. The Labute approximate surface area is 171 Å². The number of phenolic OH excluding ortho intramolecular Hbond substituents is 1. The van der Waals surface area contributed by atoms with Crippen LogP contribution in [0.15, 0.2) is 48.5 Å². The van der Waals surface area contributed by atoms with Gasteiger partial charge in [0, 0.05) is 12.0 Å². The molecule has 1 aliphatic heterocycles. The quantitative estimate of drug-likeness (QED) is 0.346. The number of benzene rings is 2. The first-order valence-electron chi connectivity index (χ1n) is 10.00. The smallest absolute Gasteiger partial charge is 0.343 e. The zero-order chi connectivity index (χ0) is 20.5. The molecule has 0 unspecified atom stereocenters. The Hall–Kier alpha value is -2.57. The second-order valence-corrected chi connectivity index (χ2v) is 7.36. The number of hydrogen-bond acceptors (Lipinski definition) is 6. The van der Waals surface area contributed by atoms with Crippen LogP contribution >= 0.6 is 0 Å². The number of hydrogen-bond donors (Lipinski definition) is 1. The van der Waals surface area contributed by atoms with E-state index in [0.29, 0.717) is 23.7 Å². The molecule has 0 amide bonds. The predicted octanol–water partition coefficient (Wildman–Crippen LogP) is 4.21. The molecular weight excluding hydrogens is 372 g/mol. The molecule has 2 aromatic carbocycles. The Balaban J connectivity index is 1.31. The van der Waals surface area contributed by atoms with E-state index in [9.17, 15) is 9.90 Å². The molecule has 6 nitrogen and oxygen atoms in total. The van der Waals surface area contributed by atoms with Gasteiger partial charge in [-0.1, -0.05) is 6.92 Å². The lowest BCUT2D eigenvalue weighted by Crippen LogP contribution is -2.45. The van der Waals surface area contributed by atoms with Gasteiger partial charge in [-0.15, -0.1) is 0 Å². The largest absolute Gasteiger partial charge is 0.508 e. The maximum absolute atomic E-state index is 12.1. The van der Waals surface area contributed by atoms with E-state index in [2.05, 4.69) is 6.92 Å². The zero-order valence-corrected chi connectivity index (χ0v) is 16.8. The summed E-state index contributed by atoms with van der Waals surface area (Å²) >= 11 is 0. The van der Waals surface area contributed by atoms with Crippen LogP contribution in [0.5, 0.6) is 17.2 Å². The van der Waals surface area contributed by atoms with Gasteiger partial charge in [0.15, 0.2) is 0 Å². The molecule has 0 atom stereocenters. The normalized spacial score (nSPS) is 14.8. The van der Waals surface area contributed by atoms with Crippen molar-refractivity contribution < 1.29 is 28.8 Å². The number of carbonyl (C=O) groups is 1. The maximum atomic E-state index is 12.1. The van der Waals surface area contributed by atoms with Gasteiger partial charge >= 0.3 is 5.97 Å². The van der Waals surface area contributed by atoms with Gasteiger partial charge in [-0.3, -0.25) is 0 Å². The van der Waals surface area contributed by atoms with Gasteiger partial charge < -0.3 is 24.1 Å². The summed E-state index contributed by atoms with van der Waals surface area (Å²) < 4.78 is 22.1. The Morgan fingerprint density at radius 2 is 1.66 bits per heavy atom. The van der Waals surface area contributed by atoms with Gasteiger partial charge in [0.2, 0.25) is 0 Å². The molecule has 0 bridgehead atoms. The fraction of sp³-hybridized carbons (Fsp3) is 0.435. The first-order valence-corrected chi connectivity index (χ1v) is 10.00. The summed E-state index contributed by atoms with van der Waals surface area (Å²) in [5.74, 6) is 0.755. The van der Waals surface area contributed by atoms with E-state index in [4.69, 9.17) is 18.9 Å². The second-order valence-electron chi connectivity index (χ2n) is 7.36. The van der Waals surface area contributed by atoms with E-state index < -0.39 is 5.97 Å². The molecule has 1 aliphatic rings. The van der Waals surface area contributed by atoms with Crippen LogP contribution < -0.4 is 9.47 Å². The minimum atomic E-state index is -0.457. The van der Waals surface area contributed by atoms with E-state index in [1.54, 1.807) is 24.3 Å². The van der Waals surface area contributed by atoms with Crippen molar-refractivity contribution in [2.45, 2.75) is 26.2 Å².